The highest BCUT2D eigenvalue weighted by atomic mass is 16.3. The second-order valence-electron chi connectivity index (χ2n) is 3.94. The summed E-state index contributed by atoms with van der Waals surface area (Å²) in [6.07, 6.45) is 4.33. The van der Waals surface area contributed by atoms with E-state index in [9.17, 15) is 5.11 Å². The number of hydrogen-bond acceptors (Lipinski definition) is 4. The molecular formula is C11H17N3O. The molecule has 4 nitrogen and oxygen atoms in total. The van der Waals surface area contributed by atoms with E-state index in [1.807, 2.05) is 12.1 Å². The standard InChI is InChI=1S/C11H17N3O/c15-11-8-13-4-1-9(11)7-14-10-2-5-12-6-3-10/h2-3,5-6,9,11,13,15H,1,4,7-8H2,(H,12,14). The van der Waals surface area contributed by atoms with Gasteiger partial charge in [-0.1, -0.05) is 0 Å². The molecule has 0 saturated carbocycles. The number of nitrogens with zero attached hydrogens (tertiary/aromatic N) is 1. The molecule has 0 spiro atoms. The van der Waals surface area contributed by atoms with Gasteiger partial charge in [0.15, 0.2) is 0 Å². The fraction of sp³-hybridized carbons (Fsp3) is 0.545. The molecule has 2 rings (SSSR count). The Labute approximate surface area is 89.7 Å². The molecule has 0 radical (unpaired) electrons. The van der Waals surface area contributed by atoms with Crippen molar-refractivity contribution in [2.45, 2.75) is 12.5 Å². The minimum Gasteiger partial charge on any atom is -0.391 e. The Kier molecular flexibility index (Phi) is 3.53. The lowest BCUT2D eigenvalue weighted by Crippen LogP contribution is -2.43. The maximum absolute atomic E-state index is 9.73. The van der Waals surface area contributed by atoms with Crippen LogP contribution in [0.5, 0.6) is 0 Å². The molecule has 1 fully saturated rings. The monoisotopic (exact) mass is 207 g/mol. The van der Waals surface area contributed by atoms with Gasteiger partial charge in [0, 0.05) is 37.1 Å². The average Bonchev–Trinajstić information content (AvgIpc) is 2.29. The van der Waals surface area contributed by atoms with Gasteiger partial charge in [0.1, 0.15) is 0 Å². The Morgan fingerprint density at radius 3 is 3.00 bits per heavy atom. The number of anilines is 1. The Morgan fingerprint density at radius 2 is 2.27 bits per heavy atom. The zero-order valence-electron chi connectivity index (χ0n) is 8.69. The van der Waals surface area contributed by atoms with E-state index in [2.05, 4.69) is 15.6 Å². The van der Waals surface area contributed by atoms with Gasteiger partial charge in [-0.3, -0.25) is 4.98 Å². The Hall–Kier alpha value is -1.13. The van der Waals surface area contributed by atoms with Gasteiger partial charge in [-0.2, -0.15) is 0 Å². The first kappa shape index (κ1) is 10.4. The largest absolute Gasteiger partial charge is 0.391 e. The molecule has 0 amide bonds. The van der Waals surface area contributed by atoms with Crippen molar-refractivity contribution in [3.63, 3.8) is 0 Å². The first-order chi connectivity index (χ1) is 7.36. The van der Waals surface area contributed by atoms with Crippen LogP contribution >= 0.6 is 0 Å². The zero-order chi connectivity index (χ0) is 10.5. The molecule has 1 aromatic heterocycles. The van der Waals surface area contributed by atoms with Crippen LogP contribution in [0.1, 0.15) is 6.42 Å². The highest BCUT2D eigenvalue weighted by molar-refractivity contribution is 5.40. The lowest BCUT2D eigenvalue weighted by molar-refractivity contribution is 0.0884. The van der Waals surface area contributed by atoms with Gasteiger partial charge >= 0.3 is 0 Å². The Bertz CT molecular complexity index is 291. The lowest BCUT2D eigenvalue weighted by atomic mass is 9.95. The summed E-state index contributed by atoms with van der Waals surface area (Å²) in [6, 6.07) is 3.88. The molecule has 0 aromatic carbocycles. The second kappa shape index (κ2) is 5.09. The first-order valence-electron chi connectivity index (χ1n) is 5.39. The maximum atomic E-state index is 9.73. The molecule has 2 unspecified atom stereocenters. The van der Waals surface area contributed by atoms with Crippen molar-refractivity contribution in [1.82, 2.24) is 10.3 Å². The number of aliphatic hydroxyl groups excluding tert-OH is 1. The Morgan fingerprint density at radius 1 is 1.47 bits per heavy atom. The molecule has 4 heteroatoms. The minimum absolute atomic E-state index is 0.229. The van der Waals surface area contributed by atoms with Crippen molar-refractivity contribution in [3.8, 4) is 0 Å². The van der Waals surface area contributed by atoms with Gasteiger partial charge < -0.3 is 15.7 Å². The smallest absolute Gasteiger partial charge is 0.0709 e. The van der Waals surface area contributed by atoms with Crippen LogP contribution in [0.2, 0.25) is 0 Å². The van der Waals surface area contributed by atoms with Gasteiger partial charge in [0.2, 0.25) is 0 Å². The van der Waals surface area contributed by atoms with Crippen LogP contribution in [0.15, 0.2) is 24.5 Å². The van der Waals surface area contributed by atoms with Crippen LogP contribution in [0, 0.1) is 5.92 Å². The summed E-state index contributed by atoms with van der Waals surface area (Å²) in [5.74, 6) is 0.347. The molecule has 2 heterocycles. The number of aliphatic hydroxyl groups is 1. The molecule has 3 N–H and O–H groups in total. The van der Waals surface area contributed by atoms with Crippen LogP contribution < -0.4 is 10.6 Å². The van der Waals surface area contributed by atoms with Crippen molar-refractivity contribution in [3.05, 3.63) is 24.5 Å². The minimum atomic E-state index is -0.229. The normalized spacial score (nSPS) is 26.2. The number of piperidine rings is 1. The van der Waals surface area contributed by atoms with Crippen molar-refractivity contribution in [2.24, 2.45) is 5.92 Å². The number of aromatic nitrogens is 1. The van der Waals surface area contributed by atoms with E-state index in [0.29, 0.717) is 12.5 Å². The van der Waals surface area contributed by atoms with E-state index < -0.39 is 0 Å². The Balaban J connectivity index is 1.82. The summed E-state index contributed by atoms with van der Waals surface area (Å²) in [7, 11) is 0. The van der Waals surface area contributed by atoms with Crippen LogP contribution in [-0.4, -0.2) is 35.8 Å². The summed E-state index contributed by atoms with van der Waals surface area (Å²) in [5.41, 5.74) is 1.07. The van der Waals surface area contributed by atoms with E-state index in [4.69, 9.17) is 0 Å². The molecule has 0 aliphatic carbocycles. The number of pyridine rings is 1. The lowest BCUT2D eigenvalue weighted by Gasteiger charge is -2.28. The fourth-order valence-corrected chi connectivity index (χ4v) is 1.85. The molecule has 2 atom stereocenters. The molecule has 1 saturated heterocycles. The first-order valence-corrected chi connectivity index (χ1v) is 5.39. The topological polar surface area (TPSA) is 57.2 Å². The van der Waals surface area contributed by atoms with Crippen molar-refractivity contribution >= 4 is 5.69 Å². The third-order valence-corrected chi connectivity index (χ3v) is 2.84. The number of rotatable bonds is 3. The summed E-state index contributed by atoms with van der Waals surface area (Å²) in [4.78, 5) is 3.96. The molecule has 15 heavy (non-hydrogen) atoms. The van der Waals surface area contributed by atoms with Gasteiger partial charge in [0.25, 0.3) is 0 Å². The van der Waals surface area contributed by atoms with Gasteiger partial charge in [-0.05, 0) is 25.1 Å². The molecule has 0 bridgehead atoms. The summed E-state index contributed by atoms with van der Waals surface area (Å²) < 4.78 is 0. The van der Waals surface area contributed by atoms with Crippen LogP contribution in [0.4, 0.5) is 5.69 Å². The van der Waals surface area contributed by atoms with Gasteiger partial charge in [-0.15, -0.1) is 0 Å². The van der Waals surface area contributed by atoms with Gasteiger partial charge in [0.05, 0.1) is 6.10 Å². The van der Waals surface area contributed by atoms with Crippen molar-refractivity contribution < 1.29 is 5.11 Å². The molecule has 1 aliphatic rings. The van der Waals surface area contributed by atoms with Crippen LogP contribution in [0.3, 0.4) is 0 Å². The third-order valence-electron chi connectivity index (χ3n) is 2.84. The second-order valence-corrected chi connectivity index (χ2v) is 3.94. The summed E-state index contributed by atoms with van der Waals surface area (Å²) in [6.45, 7) is 2.54. The predicted molar refractivity (Wildman–Crippen MR) is 59.7 cm³/mol. The van der Waals surface area contributed by atoms with Gasteiger partial charge in [-0.25, -0.2) is 0 Å². The highest BCUT2D eigenvalue weighted by Crippen LogP contribution is 2.14. The summed E-state index contributed by atoms with van der Waals surface area (Å²) in [5, 5.41) is 16.2. The van der Waals surface area contributed by atoms with Crippen LogP contribution in [-0.2, 0) is 0 Å². The van der Waals surface area contributed by atoms with E-state index in [1.165, 1.54) is 0 Å². The fourth-order valence-electron chi connectivity index (χ4n) is 1.85. The van der Waals surface area contributed by atoms with E-state index in [-0.39, 0.29) is 6.10 Å². The third kappa shape index (κ3) is 2.91. The van der Waals surface area contributed by atoms with Crippen molar-refractivity contribution in [1.29, 1.82) is 0 Å². The SMILES string of the molecule is OC1CNCCC1CNc1ccncc1. The molecular weight excluding hydrogens is 190 g/mol. The maximum Gasteiger partial charge on any atom is 0.0709 e. The summed E-state index contributed by atoms with van der Waals surface area (Å²) >= 11 is 0. The number of nitrogens with one attached hydrogen (secondary N) is 2. The zero-order valence-corrected chi connectivity index (χ0v) is 8.69. The van der Waals surface area contributed by atoms with E-state index in [1.54, 1.807) is 12.4 Å². The van der Waals surface area contributed by atoms with E-state index >= 15 is 0 Å². The quantitative estimate of drug-likeness (QED) is 0.674. The highest BCUT2D eigenvalue weighted by Gasteiger charge is 2.22. The number of hydrogen-bond donors (Lipinski definition) is 3. The number of β-amino-alcohol motifs (C(OH)–C–C–N with tert-alkyl or cyclic N) is 1. The predicted octanol–water partition coefficient (Wildman–Crippen LogP) is 0.464. The molecule has 1 aliphatic heterocycles. The molecule has 82 valence electrons. The molecule has 1 aromatic rings. The van der Waals surface area contributed by atoms with Crippen molar-refractivity contribution in [2.75, 3.05) is 25.0 Å². The average molecular weight is 207 g/mol. The van der Waals surface area contributed by atoms with E-state index in [0.717, 1.165) is 25.2 Å². The van der Waals surface area contributed by atoms with Crippen LogP contribution in [0.25, 0.3) is 0 Å².